The van der Waals surface area contributed by atoms with Crippen LogP contribution in [0.15, 0.2) is 53.5 Å². The van der Waals surface area contributed by atoms with Gasteiger partial charge in [0.25, 0.3) is 5.91 Å². The number of alkyl halides is 3. The number of nitrogens with zero attached hydrogens (tertiary/aromatic N) is 1. The highest BCUT2D eigenvalue weighted by atomic mass is 19.4. The first-order chi connectivity index (χ1) is 12.3. The van der Waals surface area contributed by atoms with Crippen molar-refractivity contribution in [2.24, 2.45) is 10.7 Å². The Hall–Kier alpha value is -3.23. The van der Waals surface area contributed by atoms with Crippen molar-refractivity contribution in [2.75, 3.05) is 12.4 Å². The van der Waals surface area contributed by atoms with Crippen molar-refractivity contribution in [1.82, 2.24) is 5.32 Å². The van der Waals surface area contributed by atoms with Crippen LogP contribution in [0.1, 0.15) is 15.9 Å². The molecule has 0 aliphatic heterocycles. The highest BCUT2D eigenvalue weighted by Crippen LogP contribution is 2.29. The molecule has 0 aliphatic carbocycles. The molecule has 0 fully saturated rings. The van der Waals surface area contributed by atoms with E-state index in [1.165, 1.54) is 31.3 Å². The van der Waals surface area contributed by atoms with Crippen molar-refractivity contribution in [1.29, 1.82) is 0 Å². The molecule has 0 heterocycles. The minimum atomic E-state index is -4.81. The summed E-state index contributed by atoms with van der Waals surface area (Å²) in [5.74, 6) is -0.686. The first-order valence-corrected chi connectivity index (χ1v) is 7.51. The minimum Gasteiger partial charge on any atom is -0.404 e. The van der Waals surface area contributed by atoms with Gasteiger partial charge in [-0.25, -0.2) is 4.99 Å². The second-order valence-corrected chi connectivity index (χ2v) is 5.15. The third kappa shape index (κ3) is 5.69. The molecular weight excluding hydrogens is 349 g/mol. The third-order valence-electron chi connectivity index (χ3n) is 3.25. The lowest BCUT2D eigenvalue weighted by molar-refractivity contribution is -0.274. The van der Waals surface area contributed by atoms with E-state index in [0.717, 1.165) is 5.56 Å². The van der Waals surface area contributed by atoms with Crippen molar-refractivity contribution in [3.63, 3.8) is 0 Å². The number of guanidine groups is 1. The van der Waals surface area contributed by atoms with E-state index in [4.69, 9.17) is 5.73 Å². The molecule has 0 radical (unpaired) electrons. The molecule has 0 saturated heterocycles. The Bertz CT molecular complexity index is 789. The van der Waals surface area contributed by atoms with Crippen molar-refractivity contribution >= 4 is 17.6 Å². The summed E-state index contributed by atoms with van der Waals surface area (Å²) in [5.41, 5.74) is 7.05. The van der Waals surface area contributed by atoms with Crippen LogP contribution in [0.4, 0.5) is 18.9 Å². The van der Waals surface area contributed by atoms with Crippen molar-refractivity contribution < 1.29 is 22.7 Å². The zero-order valence-corrected chi connectivity index (χ0v) is 13.8. The Morgan fingerprint density at radius 2 is 1.81 bits per heavy atom. The predicted molar refractivity (Wildman–Crippen MR) is 91.9 cm³/mol. The Kier molecular flexibility index (Phi) is 6.05. The average Bonchev–Trinajstić information content (AvgIpc) is 2.60. The molecule has 0 unspecified atom stereocenters. The number of amides is 1. The van der Waals surface area contributed by atoms with Gasteiger partial charge in [0.1, 0.15) is 0 Å². The lowest BCUT2D eigenvalue weighted by atomic mass is 10.1. The first kappa shape index (κ1) is 19.1. The van der Waals surface area contributed by atoms with Crippen LogP contribution in [0, 0.1) is 0 Å². The summed E-state index contributed by atoms with van der Waals surface area (Å²) in [6, 6.07) is 12.2. The lowest BCUT2D eigenvalue weighted by Crippen LogP contribution is -2.24. The topological polar surface area (TPSA) is 88.7 Å². The van der Waals surface area contributed by atoms with E-state index >= 15 is 0 Å². The molecule has 1 amide bonds. The Morgan fingerprint density at radius 3 is 2.42 bits per heavy atom. The molecule has 9 heteroatoms. The molecule has 0 bridgehead atoms. The van der Waals surface area contributed by atoms with Crippen LogP contribution in [0.3, 0.4) is 0 Å². The summed E-state index contributed by atoms with van der Waals surface area (Å²) < 4.78 is 41.1. The highest BCUT2D eigenvalue weighted by molar-refractivity contribution is 5.94. The molecule has 138 valence electrons. The van der Waals surface area contributed by atoms with Gasteiger partial charge in [-0.05, 0) is 29.8 Å². The molecule has 0 spiro atoms. The summed E-state index contributed by atoms with van der Waals surface area (Å²) in [7, 11) is 1.53. The van der Waals surface area contributed by atoms with Crippen molar-refractivity contribution in [2.45, 2.75) is 12.9 Å². The minimum absolute atomic E-state index is 0.0426. The molecule has 0 aliphatic rings. The molecule has 0 saturated carbocycles. The summed E-state index contributed by atoms with van der Waals surface area (Å²) in [5, 5.41) is 5.09. The number of carbonyl (C=O) groups excluding carboxylic acids is 1. The van der Waals surface area contributed by atoms with Crippen LogP contribution in [0.5, 0.6) is 5.75 Å². The average molecular weight is 366 g/mol. The van der Waals surface area contributed by atoms with E-state index in [2.05, 4.69) is 20.4 Å². The van der Waals surface area contributed by atoms with E-state index in [1.54, 1.807) is 24.3 Å². The fourth-order valence-electron chi connectivity index (χ4n) is 2.04. The number of hydrogen-bond acceptors (Lipinski definition) is 3. The van der Waals surface area contributed by atoms with Crippen molar-refractivity contribution in [3.05, 3.63) is 59.7 Å². The number of anilines is 1. The van der Waals surface area contributed by atoms with Gasteiger partial charge >= 0.3 is 6.36 Å². The number of carbonyl (C=O) groups is 1. The number of para-hydroxylation sites is 2. The number of hydrogen-bond donors (Lipinski definition) is 3. The second-order valence-electron chi connectivity index (χ2n) is 5.15. The smallest absolute Gasteiger partial charge is 0.404 e. The van der Waals surface area contributed by atoms with Gasteiger partial charge in [0.15, 0.2) is 11.7 Å². The standard InChI is InChI=1S/C17H17F3N4O2/c1-22-15(25)12-8-6-11(7-9-12)10-23-16(21)24-13-4-2-3-5-14(13)26-17(18,19)20/h2-9H,10H2,1H3,(H,22,25)(H3,21,23,24). The van der Waals surface area contributed by atoms with Crippen LogP contribution in [-0.4, -0.2) is 25.3 Å². The molecule has 2 aromatic rings. The molecule has 26 heavy (non-hydrogen) atoms. The van der Waals surface area contributed by atoms with Gasteiger partial charge in [-0.15, -0.1) is 13.2 Å². The van der Waals surface area contributed by atoms with Gasteiger partial charge in [-0.2, -0.15) is 0 Å². The third-order valence-corrected chi connectivity index (χ3v) is 3.25. The normalized spacial score (nSPS) is 11.8. The van der Waals surface area contributed by atoms with E-state index < -0.39 is 12.1 Å². The maximum Gasteiger partial charge on any atom is 0.573 e. The molecular formula is C17H17F3N4O2. The Balaban J connectivity index is 2.04. The summed E-state index contributed by atoms with van der Waals surface area (Å²) in [6.45, 7) is 0.190. The van der Waals surface area contributed by atoms with Crippen LogP contribution in [0.2, 0.25) is 0 Å². The zero-order chi connectivity index (χ0) is 19.2. The van der Waals surface area contributed by atoms with Crippen LogP contribution < -0.4 is 21.1 Å². The van der Waals surface area contributed by atoms with Gasteiger partial charge in [0, 0.05) is 12.6 Å². The number of nitrogens with one attached hydrogen (secondary N) is 2. The number of benzene rings is 2. The fraction of sp³-hybridized carbons (Fsp3) is 0.176. The Morgan fingerprint density at radius 1 is 1.15 bits per heavy atom. The van der Waals surface area contributed by atoms with Gasteiger partial charge in [-0.3, -0.25) is 4.79 Å². The largest absolute Gasteiger partial charge is 0.573 e. The summed E-state index contributed by atoms with van der Waals surface area (Å²) in [6.07, 6.45) is -4.81. The van der Waals surface area contributed by atoms with Gasteiger partial charge in [-0.1, -0.05) is 24.3 Å². The number of rotatable bonds is 5. The molecule has 0 atom stereocenters. The molecule has 4 N–H and O–H groups in total. The number of nitrogens with two attached hydrogens (primary N) is 1. The SMILES string of the molecule is CNC(=O)c1ccc(CN=C(N)Nc2ccccc2OC(F)(F)F)cc1. The monoisotopic (exact) mass is 366 g/mol. The van der Waals surface area contributed by atoms with E-state index in [0.29, 0.717) is 5.56 Å². The number of aliphatic imine (C=N–C) groups is 1. The van der Waals surface area contributed by atoms with Crippen LogP contribution in [0.25, 0.3) is 0 Å². The highest BCUT2D eigenvalue weighted by Gasteiger charge is 2.32. The zero-order valence-electron chi connectivity index (χ0n) is 13.8. The summed E-state index contributed by atoms with van der Waals surface area (Å²) >= 11 is 0. The predicted octanol–water partition coefficient (Wildman–Crippen LogP) is 2.87. The number of halogens is 3. The van der Waals surface area contributed by atoms with Gasteiger partial charge < -0.3 is 21.1 Å². The Labute approximate surface area is 147 Å². The molecule has 0 aromatic heterocycles. The van der Waals surface area contributed by atoms with Crippen LogP contribution in [-0.2, 0) is 6.54 Å². The van der Waals surface area contributed by atoms with Gasteiger partial charge in [0.2, 0.25) is 0 Å². The van der Waals surface area contributed by atoms with Crippen molar-refractivity contribution in [3.8, 4) is 5.75 Å². The molecule has 6 nitrogen and oxygen atoms in total. The van der Waals surface area contributed by atoms with Crippen LogP contribution >= 0.6 is 0 Å². The van der Waals surface area contributed by atoms with E-state index in [9.17, 15) is 18.0 Å². The fourth-order valence-corrected chi connectivity index (χ4v) is 2.04. The first-order valence-electron chi connectivity index (χ1n) is 7.51. The molecule has 2 aromatic carbocycles. The molecule has 2 rings (SSSR count). The lowest BCUT2D eigenvalue weighted by Gasteiger charge is -2.14. The summed E-state index contributed by atoms with van der Waals surface area (Å²) in [4.78, 5) is 15.5. The van der Waals surface area contributed by atoms with E-state index in [-0.39, 0.29) is 24.1 Å². The quantitative estimate of drug-likeness (QED) is 0.561. The van der Waals surface area contributed by atoms with Gasteiger partial charge in [0.05, 0.1) is 12.2 Å². The maximum atomic E-state index is 12.4. The van der Waals surface area contributed by atoms with E-state index in [1.807, 2.05) is 0 Å². The maximum absolute atomic E-state index is 12.4. The second kappa shape index (κ2) is 8.24. The number of ether oxygens (including phenoxy) is 1.